The van der Waals surface area contributed by atoms with Gasteiger partial charge in [0, 0.05) is 0 Å². The third-order valence-corrected chi connectivity index (χ3v) is 3.13. The van der Waals surface area contributed by atoms with Gasteiger partial charge in [0.25, 0.3) is 0 Å². The summed E-state index contributed by atoms with van der Waals surface area (Å²) >= 11 is 6.00. The maximum atomic E-state index is 12.7. The quantitative estimate of drug-likeness (QED) is 0.661. The first-order valence-electron chi connectivity index (χ1n) is 5.54. The molecule has 3 nitrogen and oxygen atoms in total. The van der Waals surface area contributed by atoms with Gasteiger partial charge in [-0.05, 0) is 45.7 Å². The van der Waals surface area contributed by atoms with Crippen molar-refractivity contribution in [1.29, 1.82) is 0 Å². The smallest absolute Gasteiger partial charge is 0.243 e. The molecule has 3 aromatic rings. The molecule has 0 fully saturated rings. The molecule has 0 spiro atoms. The Balaban J connectivity index is 2.15. The first-order valence-corrected chi connectivity index (χ1v) is 5.92. The minimum absolute atomic E-state index is 0.274. The topological polar surface area (TPSA) is 38.9 Å². The van der Waals surface area contributed by atoms with Crippen molar-refractivity contribution in [1.82, 2.24) is 10.3 Å². The van der Waals surface area contributed by atoms with Gasteiger partial charge in [-0.15, -0.1) is 0 Å². The summed E-state index contributed by atoms with van der Waals surface area (Å²) in [5.74, 6) is 0. The number of rotatable bonds is 1. The molecule has 1 heterocycles. The number of benzene rings is 2. The van der Waals surface area contributed by atoms with E-state index in [1.807, 2.05) is 0 Å². The first kappa shape index (κ1) is 12.9. The van der Waals surface area contributed by atoms with Gasteiger partial charge in [0.05, 0.1) is 10.6 Å². The Bertz CT molecular complexity index is 783. The van der Waals surface area contributed by atoms with Crippen LogP contribution < -0.4 is 0 Å². The van der Waals surface area contributed by atoms with Crippen LogP contribution in [0.3, 0.4) is 0 Å². The maximum absolute atomic E-state index is 12.7. The Morgan fingerprint density at radius 1 is 1.00 bits per heavy atom. The van der Waals surface area contributed by atoms with Gasteiger partial charge in [0.1, 0.15) is 5.52 Å². The molecule has 0 amide bonds. The summed E-state index contributed by atoms with van der Waals surface area (Å²) < 4.78 is 42.7. The van der Waals surface area contributed by atoms with Gasteiger partial charge in [-0.1, -0.05) is 23.7 Å². The minimum atomic E-state index is -4.39. The summed E-state index contributed by atoms with van der Waals surface area (Å²) in [5, 5.41) is 7.53. The van der Waals surface area contributed by atoms with Crippen LogP contribution in [0.5, 0.6) is 0 Å². The van der Waals surface area contributed by atoms with E-state index in [0.29, 0.717) is 22.2 Å². The van der Waals surface area contributed by atoms with Gasteiger partial charge in [-0.3, -0.25) is 0 Å². The van der Waals surface area contributed by atoms with Crippen molar-refractivity contribution in [3.63, 3.8) is 0 Å². The van der Waals surface area contributed by atoms with E-state index in [9.17, 15) is 13.2 Å². The Kier molecular flexibility index (Phi) is 2.90. The highest BCUT2D eigenvalue weighted by Gasteiger charge is 2.30. The molecule has 0 radical (unpaired) electrons. The summed E-state index contributed by atoms with van der Waals surface area (Å²) in [4.78, 5) is 0. The van der Waals surface area contributed by atoms with Gasteiger partial charge in [-0.25, -0.2) is 4.63 Å². The third-order valence-electron chi connectivity index (χ3n) is 2.84. The molecule has 2 aromatic carbocycles. The molecule has 0 bridgehead atoms. The molecule has 7 heteroatoms. The molecule has 0 unspecified atom stereocenters. The maximum Gasteiger partial charge on any atom is 0.416 e. The van der Waals surface area contributed by atoms with E-state index in [2.05, 4.69) is 14.9 Å². The molecule has 0 atom stereocenters. The average molecular weight is 299 g/mol. The van der Waals surface area contributed by atoms with Gasteiger partial charge in [-0.2, -0.15) is 13.2 Å². The fourth-order valence-electron chi connectivity index (χ4n) is 1.89. The molecule has 0 saturated heterocycles. The van der Waals surface area contributed by atoms with Crippen molar-refractivity contribution in [2.75, 3.05) is 0 Å². The Hall–Kier alpha value is -2.08. The van der Waals surface area contributed by atoms with Crippen molar-refractivity contribution >= 4 is 22.6 Å². The summed E-state index contributed by atoms with van der Waals surface area (Å²) in [6, 6.07) is 8.10. The van der Waals surface area contributed by atoms with Gasteiger partial charge in [0.15, 0.2) is 5.52 Å². The average Bonchev–Trinajstić information content (AvgIpc) is 2.87. The first-order chi connectivity index (χ1) is 9.45. The van der Waals surface area contributed by atoms with Crippen LogP contribution in [0.4, 0.5) is 13.2 Å². The van der Waals surface area contributed by atoms with Crippen molar-refractivity contribution < 1.29 is 17.8 Å². The van der Waals surface area contributed by atoms with Gasteiger partial charge in [0.2, 0.25) is 0 Å². The van der Waals surface area contributed by atoms with Crippen LogP contribution in [0.1, 0.15) is 5.56 Å². The Morgan fingerprint density at radius 2 is 1.80 bits per heavy atom. The lowest BCUT2D eigenvalue weighted by Gasteiger charge is -2.09. The molecular weight excluding hydrogens is 293 g/mol. The number of fused-ring (bicyclic) bond motifs is 1. The molecule has 102 valence electrons. The van der Waals surface area contributed by atoms with Crippen molar-refractivity contribution in [2.45, 2.75) is 6.18 Å². The minimum Gasteiger partial charge on any atom is -0.243 e. The Morgan fingerprint density at radius 3 is 2.55 bits per heavy atom. The van der Waals surface area contributed by atoms with E-state index in [-0.39, 0.29) is 5.02 Å². The van der Waals surface area contributed by atoms with Crippen LogP contribution in [0, 0.1) is 0 Å². The third kappa shape index (κ3) is 2.22. The van der Waals surface area contributed by atoms with E-state index in [1.165, 1.54) is 12.1 Å². The zero-order valence-electron chi connectivity index (χ0n) is 9.78. The summed E-state index contributed by atoms with van der Waals surface area (Å²) in [5.41, 5.74) is 0.965. The summed E-state index contributed by atoms with van der Waals surface area (Å²) in [7, 11) is 0. The molecule has 3 rings (SSSR count). The summed E-state index contributed by atoms with van der Waals surface area (Å²) in [6.07, 6.45) is -4.39. The van der Waals surface area contributed by atoms with Crippen LogP contribution in [0.25, 0.3) is 22.2 Å². The predicted molar refractivity (Wildman–Crippen MR) is 67.3 cm³/mol. The fourth-order valence-corrected chi connectivity index (χ4v) is 2.14. The van der Waals surface area contributed by atoms with E-state index in [1.54, 1.807) is 12.1 Å². The van der Waals surface area contributed by atoms with Crippen LogP contribution in [0.2, 0.25) is 5.02 Å². The lowest BCUT2D eigenvalue weighted by molar-refractivity contribution is -0.137. The van der Waals surface area contributed by atoms with E-state index in [0.717, 1.165) is 12.1 Å². The van der Waals surface area contributed by atoms with Crippen LogP contribution in [-0.2, 0) is 6.18 Å². The molecule has 0 aliphatic carbocycles. The molecule has 0 aliphatic rings. The van der Waals surface area contributed by atoms with Gasteiger partial charge >= 0.3 is 6.18 Å². The van der Waals surface area contributed by atoms with E-state index in [4.69, 9.17) is 11.6 Å². The number of nitrogens with zero attached hydrogens (tertiary/aromatic N) is 2. The number of alkyl halides is 3. The summed E-state index contributed by atoms with van der Waals surface area (Å²) in [6.45, 7) is 0. The molecule has 0 saturated carbocycles. The second-order valence-electron chi connectivity index (χ2n) is 4.17. The molecule has 20 heavy (non-hydrogen) atoms. The zero-order valence-corrected chi connectivity index (χ0v) is 10.5. The second kappa shape index (κ2) is 4.49. The van der Waals surface area contributed by atoms with E-state index < -0.39 is 11.7 Å². The zero-order chi connectivity index (χ0) is 14.3. The highest BCUT2D eigenvalue weighted by atomic mass is 35.5. The number of aromatic nitrogens is 2. The monoisotopic (exact) mass is 298 g/mol. The van der Waals surface area contributed by atoms with Crippen molar-refractivity contribution in [3.05, 3.63) is 47.0 Å². The number of hydrogen-bond donors (Lipinski definition) is 0. The molecule has 0 N–H and O–H groups in total. The SMILES string of the molecule is FC(F)(F)c1cccc(-c2cc(Cl)c3nonc3c2)c1. The highest BCUT2D eigenvalue weighted by molar-refractivity contribution is 6.35. The Labute approximate surface area is 115 Å². The normalized spacial score (nSPS) is 12.0. The highest BCUT2D eigenvalue weighted by Crippen LogP contribution is 2.34. The van der Waals surface area contributed by atoms with Crippen LogP contribution in [-0.4, -0.2) is 10.3 Å². The standard InChI is InChI=1S/C13H6ClF3N2O/c14-10-5-8(6-11-12(10)19-20-18-11)7-2-1-3-9(4-7)13(15,16)17/h1-6H. The van der Waals surface area contributed by atoms with Crippen molar-refractivity contribution in [3.8, 4) is 11.1 Å². The van der Waals surface area contributed by atoms with Crippen LogP contribution >= 0.6 is 11.6 Å². The molecular formula is C13H6ClF3N2O. The van der Waals surface area contributed by atoms with Crippen LogP contribution in [0.15, 0.2) is 41.0 Å². The van der Waals surface area contributed by atoms with Gasteiger partial charge < -0.3 is 0 Å². The number of hydrogen-bond acceptors (Lipinski definition) is 3. The predicted octanol–water partition coefficient (Wildman–Crippen LogP) is 4.56. The lowest BCUT2D eigenvalue weighted by Crippen LogP contribution is -2.04. The molecule has 0 aliphatic heterocycles. The second-order valence-corrected chi connectivity index (χ2v) is 4.58. The van der Waals surface area contributed by atoms with Crippen molar-refractivity contribution in [2.24, 2.45) is 0 Å². The number of halogens is 4. The van der Waals surface area contributed by atoms with E-state index >= 15 is 0 Å². The lowest BCUT2D eigenvalue weighted by atomic mass is 10.0. The molecule has 1 aromatic heterocycles. The largest absolute Gasteiger partial charge is 0.416 e. The fraction of sp³-hybridized carbons (Fsp3) is 0.0769.